The van der Waals surface area contributed by atoms with Gasteiger partial charge in [0.25, 0.3) is 0 Å². The number of primary sulfonamides is 1. The molecular weight excluding hydrogens is 274 g/mol. The van der Waals surface area contributed by atoms with E-state index >= 15 is 0 Å². The minimum Gasteiger partial charge on any atom is -0.506 e. The Bertz CT molecular complexity index is 698. The lowest BCUT2D eigenvalue weighted by Gasteiger charge is -2.09. The maximum atomic E-state index is 11.3. The first kappa shape index (κ1) is 12.9. The van der Waals surface area contributed by atoms with E-state index in [0.717, 1.165) is 0 Å². The summed E-state index contributed by atoms with van der Waals surface area (Å²) in [5.41, 5.74) is 0.689. The molecule has 0 spiro atoms. The van der Waals surface area contributed by atoms with Crippen LogP contribution in [0, 0.1) is 6.07 Å². The van der Waals surface area contributed by atoms with Gasteiger partial charge < -0.3 is 5.11 Å². The van der Waals surface area contributed by atoms with Gasteiger partial charge in [0.05, 0.1) is 0 Å². The maximum absolute atomic E-state index is 11.3. The van der Waals surface area contributed by atoms with Crippen LogP contribution in [0.25, 0.3) is 11.1 Å². The van der Waals surface area contributed by atoms with Crippen LogP contribution in [0.15, 0.2) is 41.3 Å². The molecule has 0 heterocycles. The fraction of sp³-hybridized carbons (Fsp3) is 0. The molecule has 0 fully saturated rings. The molecule has 2 rings (SSSR count). The first-order valence-electron chi connectivity index (χ1n) is 4.92. The fourth-order valence-electron chi connectivity index (χ4n) is 1.57. The van der Waals surface area contributed by atoms with Gasteiger partial charge in [-0.05, 0) is 18.2 Å². The Hall–Kier alpha value is -1.56. The molecular formula is C12H9ClNO3S. The zero-order valence-corrected chi connectivity index (χ0v) is 10.7. The van der Waals surface area contributed by atoms with Gasteiger partial charge in [0.2, 0.25) is 10.0 Å². The standard InChI is InChI=1S/C12H9ClNO3S/c13-10-6-2-1-4-8(10)9-5-3-7-11(12(9)15)18(14,16)17/h1-4,6-7,15H,(H2,14,16,17). The van der Waals surface area contributed by atoms with Crippen molar-refractivity contribution in [2.45, 2.75) is 4.90 Å². The Morgan fingerprint density at radius 3 is 2.50 bits per heavy atom. The second kappa shape index (κ2) is 4.61. The minimum atomic E-state index is -3.99. The van der Waals surface area contributed by atoms with Gasteiger partial charge >= 0.3 is 0 Å². The molecule has 1 radical (unpaired) electrons. The highest BCUT2D eigenvalue weighted by Crippen LogP contribution is 2.36. The van der Waals surface area contributed by atoms with E-state index in [9.17, 15) is 13.5 Å². The minimum absolute atomic E-state index is 0.201. The Kier molecular flexibility index (Phi) is 3.30. The summed E-state index contributed by atoms with van der Waals surface area (Å²) in [6, 6.07) is 12.0. The predicted octanol–water partition coefficient (Wildman–Crippen LogP) is 2.16. The van der Waals surface area contributed by atoms with Gasteiger partial charge in [-0.1, -0.05) is 35.9 Å². The summed E-state index contributed by atoms with van der Waals surface area (Å²) < 4.78 is 22.6. The van der Waals surface area contributed by atoms with E-state index in [0.29, 0.717) is 10.6 Å². The van der Waals surface area contributed by atoms with E-state index in [4.69, 9.17) is 16.7 Å². The number of halogens is 1. The van der Waals surface area contributed by atoms with Crippen molar-refractivity contribution < 1.29 is 13.5 Å². The molecule has 0 amide bonds. The summed E-state index contributed by atoms with van der Waals surface area (Å²) in [6.07, 6.45) is 0. The van der Waals surface area contributed by atoms with E-state index in [1.165, 1.54) is 12.1 Å². The molecule has 0 atom stereocenters. The topological polar surface area (TPSA) is 80.4 Å². The molecule has 6 heteroatoms. The van der Waals surface area contributed by atoms with Crippen molar-refractivity contribution in [2.24, 2.45) is 5.14 Å². The van der Waals surface area contributed by atoms with Gasteiger partial charge in [0.1, 0.15) is 10.6 Å². The molecule has 4 nitrogen and oxygen atoms in total. The van der Waals surface area contributed by atoms with Crippen molar-refractivity contribution in [1.29, 1.82) is 0 Å². The molecule has 2 aromatic rings. The van der Waals surface area contributed by atoms with Crippen molar-refractivity contribution in [3.63, 3.8) is 0 Å². The lowest BCUT2D eigenvalue weighted by atomic mass is 10.0. The fourth-order valence-corrected chi connectivity index (χ4v) is 2.43. The largest absolute Gasteiger partial charge is 0.506 e. The van der Waals surface area contributed by atoms with Crippen molar-refractivity contribution in [2.75, 3.05) is 0 Å². The smallest absolute Gasteiger partial charge is 0.241 e. The molecule has 0 aliphatic carbocycles. The summed E-state index contributed by atoms with van der Waals surface area (Å²) in [5.74, 6) is -0.451. The Morgan fingerprint density at radius 1 is 1.22 bits per heavy atom. The van der Waals surface area contributed by atoms with Crippen LogP contribution in [0.1, 0.15) is 0 Å². The number of phenolic OH excluding ortho intramolecular Hbond substituents is 1. The van der Waals surface area contributed by atoms with Crippen LogP contribution in [0.5, 0.6) is 5.75 Å². The molecule has 93 valence electrons. The van der Waals surface area contributed by atoms with E-state index in [-0.39, 0.29) is 10.5 Å². The Morgan fingerprint density at radius 2 is 1.89 bits per heavy atom. The van der Waals surface area contributed by atoms with Gasteiger partial charge in [0, 0.05) is 16.1 Å². The first-order chi connectivity index (χ1) is 8.41. The van der Waals surface area contributed by atoms with Gasteiger partial charge in [-0.2, -0.15) is 0 Å². The third-order valence-electron chi connectivity index (χ3n) is 2.38. The van der Waals surface area contributed by atoms with Crippen molar-refractivity contribution in [1.82, 2.24) is 0 Å². The zero-order chi connectivity index (χ0) is 13.3. The molecule has 0 aromatic heterocycles. The monoisotopic (exact) mass is 282 g/mol. The van der Waals surface area contributed by atoms with E-state index in [1.807, 2.05) is 0 Å². The van der Waals surface area contributed by atoms with Crippen LogP contribution >= 0.6 is 11.6 Å². The van der Waals surface area contributed by atoms with Crippen LogP contribution in [0.2, 0.25) is 5.02 Å². The van der Waals surface area contributed by atoms with Gasteiger partial charge in [0.15, 0.2) is 0 Å². The molecule has 2 aromatic carbocycles. The summed E-state index contributed by atoms with van der Waals surface area (Å²) in [6.45, 7) is 0. The number of phenols is 1. The average molecular weight is 283 g/mol. The highest BCUT2D eigenvalue weighted by Gasteiger charge is 2.18. The van der Waals surface area contributed by atoms with Crippen LogP contribution < -0.4 is 5.14 Å². The van der Waals surface area contributed by atoms with Crippen molar-refractivity contribution in [3.8, 4) is 16.9 Å². The van der Waals surface area contributed by atoms with E-state index in [1.54, 1.807) is 24.3 Å². The van der Waals surface area contributed by atoms with Gasteiger partial charge in [-0.3, -0.25) is 0 Å². The van der Waals surface area contributed by atoms with Crippen LogP contribution in [0.4, 0.5) is 0 Å². The second-order valence-corrected chi connectivity index (χ2v) is 5.53. The zero-order valence-electron chi connectivity index (χ0n) is 9.09. The van der Waals surface area contributed by atoms with Gasteiger partial charge in [-0.15, -0.1) is 0 Å². The second-order valence-electron chi connectivity index (χ2n) is 3.59. The highest BCUT2D eigenvalue weighted by molar-refractivity contribution is 7.89. The maximum Gasteiger partial charge on any atom is 0.241 e. The molecule has 0 bridgehead atoms. The summed E-state index contributed by atoms with van der Waals surface area (Å²) >= 11 is 5.99. The van der Waals surface area contributed by atoms with Crippen LogP contribution in [0.3, 0.4) is 0 Å². The summed E-state index contributed by atoms with van der Waals surface area (Å²) in [4.78, 5) is -0.351. The Balaban J connectivity index is 2.72. The lowest BCUT2D eigenvalue weighted by Crippen LogP contribution is -2.12. The summed E-state index contributed by atoms with van der Waals surface area (Å²) in [7, 11) is -3.99. The normalized spacial score (nSPS) is 11.4. The predicted molar refractivity (Wildman–Crippen MR) is 68.8 cm³/mol. The molecule has 18 heavy (non-hydrogen) atoms. The SMILES string of the molecule is NS(=O)(=O)c1cc[c]c(-c2ccccc2Cl)c1O. The number of hydrogen-bond donors (Lipinski definition) is 2. The number of hydrogen-bond acceptors (Lipinski definition) is 3. The molecule has 3 N–H and O–H groups in total. The molecule has 0 aliphatic rings. The highest BCUT2D eigenvalue weighted by atomic mass is 35.5. The molecule has 0 saturated carbocycles. The Labute approximate surface area is 110 Å². The number of nitrogens with two attached hydrogens (primary N) is 1. The lowest BCUT2D eigenvalue weighted by molar-refractivity contribution is 0.461. The number of aromatic hydroxyl groups is 1. The summed E-state index contributed by atoms with van der Waals surface area (Å²) in [5, 5.41) is 15.3. The van der Waals surface area contributed by atoms with Gasteiger partial charge in [-0.25, -0.2) is 13.6 Å². The van der Waals surface area contributed by atoms with Crippen molar-refractivity contribution in [3.05, 3.63) is 47.5 Å². The van der Waals surface area contributed by atoms with Crippen LogP contribution in [-0.2, 0) is 10.0 Å². The first-order valence-corrected chi connectivity index (χ1v) is 6.85. The number of sulfonamides is 1. The molecule has 0 unspecified atom stereocenters. The third-order valence-corrected chi connectivity index (χ3v) is 3.65. The number of rotatable bonds is 2. The number of benzene rings is 2. The van der Waals surface area contributed by atoms with E-state index < -0.39 is 15.8 Å². The molecule has 0 saturated heterocycles. The molecule has 0 aliphatic heterocycles. The van der Waals surface area contributed by atoms with Crippen molar-refractivity contribution >= 4 is 21.6 Å². The third kappa shape index (κ3) is 2.33. The quantitative estimate of drug-likeness (QED) is 0.886. The average Bonchev–Trinajstić information content (AvgIpc) is 2.29. The van der Waals surface area contributed by atoms with E-state index in [2.05, 4.69) is 6.07 Å². The van der Waals surface area contributed by atoms with Crippen LogP contribution in [-0.4, -0.2) is 13.5 Å².